The highest BCUT2D eigenvalue weighted by molar-refractivity contribution is 6.08. The molecule has 0 radical (unpaired) electrons. The van der Waals surface area contributed by atoms with Crippen molar-refractivity contribution in [2.75, 3.05) is 13.6 Å². The summed E-state index contributed by atoms with van der Waals surface area (Å²) in [7, 11) is 3.60. The second-order valence-corrected chi connectivity index (χ2v) is 11.7. The summed E-state index contributed by atoms with van der Waals surface area (Å²) >= 11 is 0. The summed E-state index contributed by atoms with van der Waals surface area (Å²) in [6.45, 7) is 0.426. The number of hydrogen-bond donors (Lipinski definition) is 2. The Morgan fingerprint density at radius 2 is 1.61 bits per heavy atom. The van der Waals surface area contributed by atoms with E-state index >= 15 is 0 Å². The zero-order valence-electron chi connectivity index (χ0n) is 24.9. The van der Waals surface area contributed by atoms with Crippen LogP contribution in [0, 0.1) is 0 Å². The molecule has 1 unspecified atom stereocenters. The van der Waals surface area contributed by atoms with Gasteiger partial charge in [-0.05, 0) is 28.0 Å². The summed E-state index contributed by atoms with van der Waals surface area (Å²) in [6, 6.07) is 29.5. The van der Waals surface area contributed by atoms with Crippen LogP contribution in [0.2, 0.25) is 0 Å². The van der Waals surface area contributed by atoms with E-state index in [1.807, 2.05) is 109 Å². The minimum absolute atomic E-state index is 0.0390. The van der Waals surface area contributed by atoms with Crippen molar-refractivity contribution in [1.82, 2.24) is 19.7 Å². The van der Waals surface area contributed by atoms with Crippen LogP contribution in [0.1, 0.15) is 27.9 Å². The summed E-state index contributed by atoms with van der Waals surface area (Å²) in [4.78, 5) is 44.7. The molecule has 0 aliphatic carbocycles. The molecule has 1 saturated heterocycles. The van der Waals surface area contributed by atoms with Gasteiger partial charge in [-0.2, -0.15) is 0 Å². The first-order valence-corrected chi connectivity index (χ1v) is 14.9. The highest BCUT2D eigenvalue weighted by Crippen LogP contribution is 2.27. The smallest absolute Gasteiger partial charge is 0.256 e. The van der Waals surface area contributed by atoms with Crippen LogP contribution in [0.3, 0.4) is 0 Å². The van der Waals surface area contributed by atoms with Crippen LogP contribution in [0.25, 0.3) is 21.7 Å². The first kappa shape index (κ1) is 29.1. The number of carbonyl (C=O) groups excluding carboxylic acids is 3. The number of likely N-dealkylation sites (tertiary alicyclic amines) is 1. The Morgan fingerprint density at radius 3 is 2.41 bits per heavy atom. The normalized spacial score (nSPS) is 17.1. The average molecular weight is 589 g/mol. The van der Waals surface area contributed by atoms with Crippen molar-refractivity contribution in [3.05, 3.63) is 120 Å². The number of aryl methyl sites for hydroxylation is 1. The van der Waals surface area contributed by atoms with Crippen LogP contribution in [-0.2, 0) is 29.6 Å². The van der Waals surface area contributed by atoms with E-state index in [0.717, 1.165) is 32.8 Å². The fourth-order valence-electron chi connectivity index (χ4n) is 6.22. The fourth-order valence-corrected chi connectivity index (χ4v) is 6.22. The number of β-amino-alcohol motifs (C(OH)–C–C–N with tert-alkyl or cyclic N) is 1. The van der Waals surface area contributed by atoms with Gasteiger partial charge in [0.2, 0.25) is 11.8 Å². The molecule has 2 heterocycles. The highest BCUT2D eigenvalue weighted by atomic mass is 16.3. The quantitative estimate of drug-likeness (QED) is 0.283. The number of nitrogens with one attached hydrogen (secondary N) is 1. The van der Waals surface area contributed by atoms with Gasteiger partial charge in [0, 0.05) is 57.1 Å². The topological polar surface area (TPSA) is 94.9 Å². The number of para-hydroxylation sites is 1. The molecule has 1 aromatic heterocycles. The van der Waals surface area contributed by atoms with Crippen molar-refractivity contribution >= 4 is 39.4 Å². The van der Waals surface area contributed by atoms with Gasteiger partial charge in [-0.1, -0.05) is 91.0 Å². The maximum absolute atomic E-state index is 13.9. The van der Waals surface area contributed by atoms with E-state index in [1.165, 1.54) is 4.90 Å². The number of hydrogen-bond acceptors (Lipinski definition) is 4. The Hall–Kier alpha value is -4.95. The van der Waals surface area contributed by atoms with Crippen molar-refractivity contribution < 1.29 is 19.5 Å². The summed E-state index contributed by atoms with van der Waals surface area (Å²) < 4.78 is 1.88. The van der Waals surface area contributed by atoms with Gasteiger partial charge in [-0.25, -0.2) is 0 Å². The molecule has 8 nitrogen and oxygen atoms in total. The molecule has 2 N–H and O–H groups in total. The standard InChI is InChI=1S/C36H36N4O4/c1-38-23-30(29-14-8-9-15-32(29)38)35(43)40-22-28(41)20-33(40)34(42)37-31(36(44)39(2)21-24-10-4-3-5-11-24)19-25-16-17-26-12-6-7-13-27(26)18-25/h3-18,23,28,31,33,41H,19-22H2,1-2H3,(H,37,42)/t28-,31-,33?/m1/s1. The molecule has 1 aliphatic rings. The van der Waals surface area contributed by atoms with Gasteiger partial charge in [0.1, 0.15) is 12.1 Å². The lowest BCUT2D eigenvalue weighted by atomic mass is 10.00. The van der Waals surface area contributed by atoms with Crippen molar-refractivity contribution in [3.63, 3.8) is 0 Å². The molecule has 0 saturated carbocycles. The lowest BCUT2D eigenvalue weighted by molar-refractivity contribution is -0.136. The third kappa shape index (κ3) is 5.94. The number of carbonyl (C=O) groups is 3. The van der Waals surface area contributed by atoms with Crippen molar-refractivity contribution in [2.45, 2.75) is 37.6 Å². The number of amides is 3. The van der Waals surface area contributed by atoms with E-state index in [4.69, 9.17) is 0 Å². The molecule has 8 heteroatoms. The Balaban J connectivity index is 1.26. The predicted molar refractivity (Wildman–Crippen MR) is 171 cm³/mol. The first-order chi connectivity index (χ1) is 21.3. The Morgan fingerprint density at radius 1 is 0.909 bits per heavy atom. The Kier molecular flexibility index (Phi) is 8.17. The summed E-state index contributed by atoms with van der Waals surface area (Å²) in [5.74, 6) is -1.01. The summed E-state index contributed by atoms with van der Waals surface area (Å²) in [6.07, 6.45) is 1.29. The van der Waals surface area contributed by atoms with Gasteiger partial charge in [0.25, 0.3) is 5.91 Å². The number of aromatic nitrogens is 1. The average Bonchev–Trinajstić information content (AvgIpc) is 3.60. The molecule has 3 atom stereocenters. The zero-order chi connectivity index (χ0) is 30.8. The second kappa shape index (κ2) is 12.3. The van der Waals surface area contributed by atoms with Gasteiger partial charge in [-0.15, -0.1) is 0 Å². The minimum atomic E-state index is -0.914. The van der Waals surface area contributed by atoms with Gasteiger partial charge in [0.15, 0.2) is 0 Å². The molecule has 3 amide bonds. The van der Waals surface area contributed by atoms with E-state index < -0.39 is 24.1 Å². The minimum Gasteiger partial charge on any atom is -0.391 e. The van der Waals surface area contributed by atoms with Crippen LogP contribution >= 0.6 is 0 Å². The Bertz CT molecular complexity index is 1830. The third-order valence-corrected chi connectivity index (χ3v) is 8.48. The van der Waals surface area contributed by atoms with Crippen LogP contribution in [0.5, 0.6) is 0 Å². The first-order valence-electron chi connectivity index (χ1n) is 14.9. The number of benzene rings is 4. The molecule has 6 rings (SSSR count). The maximum Gasteiger partial charge on any atom is 0.256 e. The van der Waals surface area contributed by atoms with Crippen LogP contribution in [0.15, 0.2) is 103 Å². The molecule has 5 aromatic rings. The summed E-state index contributed by atoms with van der Waals surface area (Å²) in [5, 5.41) is 16.5. The second-order valence-electron chi connectivity index (χ2n) is 11.7. The zero-order valence-corrected chi connectivity index (χ0v) is 24.9. The highest BCUT2D eigenvalue weighted by Gasteiger charge is 2.41. The molecular weight excluding hydrogens is 552 g/mol. The molecule has 4 aromatic carbocycles. The molecule has 44 heavy (non-hydrogen) atoms. The van der Waals surface area contributed by atoms with Crippen LogP contribution in [0.4, 0.5) is 0 Å². The molecular formula is C36H36N4O4. The SMILES string of the molecule is CN(Cc1ccccc1)C(=O)[C@@H](Cc1ccc2ccccc2c1)NC(=O)C1C[C@@H](O)CN1C(=O)c1cn(C)c2ccccc12. The third-order valence-electron chi connectivity index (χ3n) is 8.48. The van der Waals surface area contributed by atoms with Crippen molar-refractivity contribution in [3.8, 4) is 0 Å². The maximum atomic E-state index is 13.9. The van der Waals surface area contributed by atoms with E-state index in [-0.39, 0.29) is 31.2 Å². The number of aliphatic hydroxyl groups is 1. The monoisotopic (exact) mass is 588 g/mol. The number of fused-ring (bicyclic) bond motifs is 2. The van der Waals surface area contributed by atoms with E-state index in [0.29, 0.717) is 12.1 Å². The van der Waals surface area contributed by atoms with Crippen molar-refractivity contribution in [1.29, 1.82) is 0 Å². The molecule has 0 bridgehead atoms. The van der Waals surface area contributed by atoms with Crippen LogP contribution in [-0.4, -0.2) is 69.0 Å². The van der Waals surface area contributed by atoms with Gasteiger partial charge < -0.3 is 24.8 Å². The Labute approximate surface area is 256 Å². The van der Waals surface area contributed by atoms with Gasteiger partial charge >= 0.3 is 0 Å². The molecule has 224 valence electrons. The van der Waals surface area contributed by atoms with Gasteiger partial charge in [-0.3, -0.25) is 14.4 Å². The number of rotatable bonds is 8. The molecule has 1 fully saturated rings. The van der Waals surface area contributed by atoms with E-state index in [9.17, 15) is 19.5 Å². The lowest BCUT2D eigenvalue weighted by Crippen LogP contribution is -2.54. The predicted octanol–water partition coefficient (Wildman–Crippen LogP) is 4.29. The molecule has 1 aliphatic heterocycles. The number of likely N-dealkylation sites (N-methyl/N-ethyl adjacent to an activating group) is 1. The van der Waals surface area contributed by atoms with Crippen LogP contribution < -0.4 is 5.32 Å². The summed E-state index contributed by atoms with van der Waals surface area (Å²) in [5.41, 5.74) is 3.26. The van der Waals surface area contributed by atoms with E-state index in [2.05, 4.69) is 5.32 Å². The van der Waals surface area contributed by atoms with E-state index in [1.54, 1.807) is 18.1 Å². The lowest BCUT2D eigenvalue weighted by Gasteiger charge is -2.28. The largest absolute Gasteiger partial charge is 0.391 e. The van der Waals surface area contributed by atoms with Gasteiger partial charge in [0.05, 0.1) is 11.7 Å². The number of aliphatic hydroxyl groups excluding tert-OH is 1. The number of nitrogens with zero attached hydrogens (tertiary/aromatic N) is 3. The van der Waals surface area contributed by atoms with Crippen molar-refractivity contribution in [2.24, 2.45) is 7.05 Å². The fraction of sp³-hybridized carbons (Fsp3) is 0.250. The molecule has 0 spiro atoms.